The molecule has 0 saturated heterocycles. The molecule has 0 aliphatic heterocycles. The van der Waals surface area contributed by atoms with Crippen LogP contribution in [0.4, 0.5) is 18.9 Å². The van der Waals surface area contributed by atoms with Crippen molar-refractivity contribution in [1.82, 2.24) is 4.98 Å². The van der Waals surface area contributed by atoms with Crippen molar-refractivity contribution in [2.24, 2.45) is 5.84 Å². The number of anilines is 1. The fourth-order valence-electron chi connectivity index (χ4n) is 1.82. The van der Waals surface area contributed by atoms with E-state index in [9.17, 15) is 13.2 Å². The van der Waals surface area contributed by atoms with Gasteiger partial charge in [0.25, 0.3) is 0 Å². The number of hydrogen-bond donors (Lipinski definition) is 2. The average Bonchev–Trinajstić information content (AvgIpc) is 2.37. The third-order valence-electron chi connectivity index (χ3n) is 2.65. The predicted octanol–water partition coefficient (Wildman–Crippen LogP) is 2.89. The van der Waals surface area contributed by atoms with Crippen molar-refractivity contribution in [1.29, 1.82) is 0 Å². The van der Waals surface area contributed by atoms with Crippen LogP contribution in [0.15, 0.2) is 12.1 Å². The van der Waals surface area contributed by atoms with Crippen LogP contribution in [0.2, 0.25) is 0 Å². The van der Waals surface area contributed by atoms with Crippen LogP contribution in [-0.4, -0.2) is 4.98 Å². The first-order valence-electron chi connectivity index (χ1n) is 5.52. The van der Waals surface area contributed by atoms with Gasteiger partial charge in [-0.1, -0.05) is 13.3 Å². The van der Waals surface area contributed by atoms with Gasteiger partial charge in [-0.15, -0.1) is 0 Å². The SMILES string of the molecule is CCCc1cc(NN)c2cc(F)c(F)c(F)c2n1. The van der Waals surface area contributed by atoms with E-state index in [1.165, 1.54) is 0 Å². The molecule has 96 valence electrons. The molecule has 0 aliphatic carbocycles. The normalized spacial score (nSPS) is 10.9. The summed E-state index contributed by atoms with van der Waals surface area (Å²) >= 11 is 0. The fraction of sp³-hybridized carbons (Fsp3) is 0.250. The molecule has 0 fully saturated rings. The van der Waals surface area contributed by atoms with Crippen LogP contribution >= 0.6 is 0 Å². The Morgan fingerprint density at radius 3 is 2.56 bits per heavy atom. The van der Waals surface area contributed by atoms with E-state index < -0.39 is 17.5 Å². The number of rotatable bonds is 3. The molecule has 0 saturated carbocycles. The van der Waals surface area contributed by atoms with E-state index in [4.69, 9.17) is 5.84 Å². The molecule has 0 radical (unpaired) electrons. The van der Waals surface area contributed by atoms with Crippen LogP contribution in [-0.2, 0) is 6.42 Å². The van der Waals surface area contributed by atoms with Crippen LogP contribution in [0.25, 0.3) is 10.9 Å². The summed E-state index contributed by atoms with van der Waals surface area (Å²) in [7, 11) is 0. The van der Waals surface area contributed by atoms with Gasteiger partial charge in [-0.25, -0.2) is 18.2 Å². The van der Waals surface area contributed by atoms with Crippen molar-refractivity contribution in [3.8, 4) is 0 Å². The van der Waals surface area contributed by atoms with Gasteiger partial charge in [0.05, 0.1) is 5.69 Å². The summed E-state index contributed by atoms with van der Waals surface area (Å²) in [6.07, 6.45) is 1.40. The third-order valence-corrected chi connectivity index (χ3v) is 2.65. The Bertz CT molecular complexity index is 599. The highest BCUT2D eigenvalue weighted by molar-refractivity contribution is 5.91. The minimum absolute atomic E-state index is 0.119. The highest BCUT2D eigenvalue weighted by Gasteiger charge is 2.17. The maximum Gasteiger partial charge on any atom is 0.196 e. The van der Waals surface area contributed by atoms with Crippen molar-refractivity contribution in [2.75, 3.05) is 5.43 Å². The standard InChI is InChI=1S/C12H12F3N3/c1-2-3-6-4-9(18-16)7-5-8(13)10(14)11(15)12(7)17-6/h4-5H,2-3,16H2,1H3,(H,17,18). The van der Waals surface area contributed by atoms with Crippen LogP contribution < -0.4 is 11.3 Å². The first-order valence-corrected chi connectivity index (χ1v) is 5.52. The number of hydrazine groups is 1. The maximum atomic E-state index is 13.6. The molecule has 0 aliphatic rings. The molecule has 0 atom stereocenters. The molecule has 0 unspecified atom stereocenters. The van der Waals surface area contributed by atoms with Gasteiger partial charge in [0.2, 0.25) is 0 Å². The molecule has 1 heterocycles. The number of aromatic nitrogens is 1. The predicted molar refractivity (Wildman–Crippen MR) is 63.4 cm³/mol. The van der Waals surface area contributed by atoms with Crippen molar-refractivity contribution in [3.63, 3.8) is 0 Å². The van der Waals surface area contributed by atoms with Gasteiger partial charge in [-0.05, 0) is 18.6 Å². The van der Waals surface area contributed by atoms with E-state index in [0.29, 0.717) is 17.8 Å². The fourth-order valence-corrected chi connectivity index (χ4v) is 1.82. The van der Waals surface area contributed by atoms with Gasteiger partial charge in [0, 0.05) is 11.1 Å². The van der Waals surface area contributed by atoms with Crippen LogP contribution in [0.3, 0.4) is 0 Å². The zero-order valence-corrected chi connectivity index (χ0v) is 9.73. The molecule has 1 aromatic heterocycles. The minimum atomic E-state index is -1.52. The summed E-state index contributed by atoms with van der Waals surface area (Å²) in [5.41, 5.74) is 3.02. The molecule has 3 nitrogen and oxygen atoms in total. The number of nitrogens with one attached hydrogen (secondary N) is 1. The van der Waals surface area contributed by atoms with E-state index in [1.54, 1.807) is 6.07 Å². The van der Waals surface area contributed by atoms with E-state index in [-0.39, 0.29) is 10.9 Å². The van der Waals surface area contributed by atoms with Crippen molar-refractivity contribution < 1.29 is 13.2 Å². The summed E-state index contributed by atoms with van der Waals surface area (Å²) < 4.78 is 40.0. The Labute approximate surface area is 102 Å². The zero-order valence-electron chi connectivity index (χ0n) is 9.73. The third kappa shape index (κ3) is 1.99. The lowest BCUT2D eigenvalue weighted by Gasteiger charge is -2.10. The van der Waals surface area contributed by atoms with Gasteiger partial charge < -0.3 is 5.43 Å². The van der Waals surface area contributed by atoms with E-state index in [0.717, 1.165) is 12.5 Å². The molecule has 6 heteroatoms. The maximum absolute atomic E-state index is 13.6. The number of fused-ring (bicyclic) bond motifs is 1. The van der Waals surface area contributed by atoms with Gasteiger partial charge in [0.15, 0.2) is 17.5 Å². The molecule has 18 heavy (non-hydrogen) atoms. The molecular weight excluding hydrogens is 243 g/mol. The van der Waals surface area contributed by atoms with E-state index in [1.807, 2.05) is 6.92 Å². The number of aryl methyl sites for hydroxylation is 1. The average molecular weight is 255 g/mol. The number of nitrogens with zero attached hydrogens (tertiary/aromatic N) is 1. The van der Waals surface area contributed by atoms with E-state index in [2.05, 4.69) is 10.4 Å². The number of pyridine rings is 1. The largest absolute Gasteiger partial charge is 0.323 e. The van der Waals surface area contributed by atoms with Crippen LogP contribution in [0.1, 0.15) is 19.0 Å². The lowest BCUT2D eigenvalue weighted by Crippen LogP contribution is -2.09. The Kier molecular flexibility index (Phi) is 3.38. The van der Waals surface area contributed by atoms with Gasteiger partial charge >= 0.3 is 0 Å². The van der Waals surface area contributed by atoms with Crippen molar-refractivity contribution in [3.05, 3.63) is 35.3 Å². The zero-order chi connectivity index (χ0) is 13.3. The second-order valence-electron chi connectivity index (χ2n) is 3.94. The monoisotopic (exact) mass is 255 g/mol. The molecule has 0 bridgehead atoms. The second kappa shape index (κ2) is 4.81. The quantitative estimate of drug-likeness (QED) is 0.503. The molecule has 2 rings (SSSR count). The van der Waals surface area contributed by atoms with E-state index >= 15 is 0 Å². The molecular formula is C12H12F3N3. The lowest BCUT2D eigenvalue weighted by atomic mass is 10.1. The highest BCUT2D eigenvalue weighted by atomic mass is 19.2. The summed E-state index contributed by atoms with van der Waals surface area (Å²) in [6.45, 7) is 1.93. The number of nitrogens with two attached hydrogens (primary N) is 1. The summed E-state index contributed by atoms with van der Waals surface area (Å²) in [4.78, 5) is 4.00. The van der Waals surface area contributed by atoms with Gasteiger partial charge in [0.1, 0.15) is 5.52 Å². The Hall–Kier alpha value is -1.82. The molecule has 1 aromatic carbocycles. The second-order valence-corrected chi connectivity index (χ2v) is 3.94. The Morgan fingerprint density at radius 1 is 1.22 bits per heavy atom. The molecule has 2 aromatic rings. The topological polar surface area (TPSA) is 50.9 Å². The summed E-state index contributed by atoms with van der Waals surface area (Å²) in [5.74, 6) is 1.23. The minimum Gasteiger partial charge on any atom is -0.323 e. The van der Waals surface area contributed by atoms with Crippen molar-refractivity contribution in [2.45, 2.75) is 19.8 Å². The van der Waals surface area contributed by atoms with Gasteiger partial charge in [-0.3, -0.25) is 5.84 Å². The molecule has 0 amide bonds. The lowest BCUT2D eigenvalue weighted by molar-refractivity contribution is 0.452. The molecule has 0 spiro atoms. The number of hydrogen-bond acceptors (Lipinski definition) is 3. The molecule has 3 N–H and O–H groups in total. The van der Waals surface area contributed by atoms with Crippen LogP contribution in [0.5, 0.6) is 0 Å². The summed E-state index contributed by atoms with van der Waals surface area (Å²) in [5, 5.41) is 0.119. The van der Waals surface area contributed by atoms with Gasteiger partial charge in [-0.2, -0.15) is 0 Å². The Morgan fingerprint density at radius 2 is 1.94 bits per heavy atom. The smallest absolute Gasteiger partial charge is 0.196 e. The number of halogens is 3. The first-order chi connectivity index (χ1) is 8.58. The Balaban J connectivity index is 2.79. The number of benzene rings is 1. The van der Waals surface area contributed by atoms with Crippen LogP contribution in [0, 0.1) is 17.5 Å². The summed E-state index contributed by atoms with van der Waals surface area (Å²) in [6, 6.07) is 2.48. The highest BCUT2D eigenvalue weighted by Crippen LogP contribution is 2.28. The van der Waals surface area contributed by atoms with Crippen molar-refractivity contribution >= 4 is 16.6 Å². The first kappa shape index (κ1) is 12.6. The number of nitrogen functional groups attached to an aromatic ring is 1.